The van der Waals surface area contributed by atoms with E-state index in [-0.39, 0.29) is 0 Å². The molecule has 0 N–H and O–H groups in total. The first-order valence-electron chi connectivity index (χ1n) is 4.60. The van der Waals surface area contributed by atoms with Crippen molar-refractivity contribution >= 4 is 0 Å². The highest BCUT2D eigenvalue weighted by atomic mass is 14.9. The van der Waals surface area contributed by atoms with E-state index in [1.54, 1.807) is 0 Å². The van der Waals surface area contributed by atoms with Gasteiger partial charge in [-0.05, 0) is 30.9 Å². The largest absolute Gasteiger partial charge is 0.234 e. The van der Waals surface area contributed by atoms with Crippen LogP contribution >= 0.6 is 0 Å². The first-order valence-corrected chi connectivity index (χ1v) is 4.60. The van der Waals surface area contributed by atoms with E-state index in [1.807, 2.05) is 0 Å². The van der Waals surface area contributed by atoms with Crippen LogP contribution in [-0.2, 0) is 0 Å². The molecule has 12 heavy (non-hydrogen) atoms. The molecule has 1 heterocycles. The third kappa shape index (κ3) is 1.37. The smallest absolute Gasteiger partial charge is 0.0498 e. The van der Waals surface area contributed by atoms with Crippen molar-refractivity contribution < 1.29 is 0 Å². The Hall–Kier alpha value is -0.820. The summed E-state index contributed by atoms with van der Waals surface area (Å²) in [4.78, 5) is 0. The van der Waals surface area contributed by atoms with Gasteiger partial charge in [-0.1, -0.05) is 24.3 Å². The molecule has 63 valence electrons. The first kappa shape index (κ1) is 7.81. The standard InChI is InChI=1S/C11H14N/c1-9-5-2-3-6-10(9)11-7-4-8-12-11/h2-3,5-6,11H,4,7-8H2,1H3. The summed E-state index contributed by atoms with van der Waals surface area (Å²) in [6.07, 6.45) is 2.50. The van der Waals surface area contributed by atoms with Crippen LogP contribution in [0.25, 0.3) is 0 Å². The van der Waals surface area contributed by atoms with Gasteiger partial charge in [-0.25, -0.2) is 5.32 Å². The molecule has 0 aliphatic carbocycles. The number of rotatable bonds is 1. The van der Waals surface area contributed by atoms with Gasteiger partial charge in [-0.2, -0.15) is 0 Å². The van der Waals surface area contributed by atoms with E-state index in [2.05, 4.69) is 36.5 Å². The van der Waals surface area contributed by atoms with E-state index in [1.165, 1.54) is 24.0 Å². The van der Waals surface area contributed by atoms with Crippen molar-refractivity contribution in [3.05, 3.63) is 35.4 Å². The van der Waals surface area contributed by atoms with Crippen molar-refractivity contribution in [1.29, 1.82) is 0 Å². The van der Waals surface area contributed by atoms with Gasteiger partial charge in [0.05, 0.1) is 0 Å². The summed E-state index contributed by atoms with van der Waals surface area (Å²) in [6.45, 7) is 3.22. The molecule has 0 bridgehead atoms. The molecule has 0 spiro atoms. The molecule has 1 aliphatic rings. The van der Waals surface area contributed by atoms with Crippen molar-refractivity contribution in [1.82, 2.24) is 5.32 Å². The normalized spacial score (nSPS) is 22.9. The molecule has 0 amide bonds. The average Bonchev–Trinajstić information content (AvgIpc) is 2.57. The van der Waals surface area contributed by atoms with Gasteiger partial charge < -0.3 is 0 Å². The van der Waals surface area contributed by atoms with Crippen molar-refractivity contribution in [3.63, 3.8) is 0 Å². The fourth-order valence-electron chi connectivity index (χ4n) is 1.84. The van der Waals surface area contributed by atoms with E-state index < -0.39 is 0 Å². The van der Waals surface area contributed by atoms with E-state index >= 15 is 0 Å². The molecule has 1 unspecified atom stereocenters. The van der Waals surface area contributed by atoms with Crippen LogP contribution in [0.3, 0.4) is 0 Å². The van der Waals surface area contributed by atoms with Crippen LogP contribution in [0.4, 0.5) is 0 Å². The molecule has 1 radical (unpaired) electrons. The summed E-state index contributed by atoms with van der Waals surface area (Å²) in [6, 6.07) is 9.06. The van der Waals surface area contributed by atoms with Crippen LogP contribution in [0.15, 0.2) is 24.3 Å². The van der Waals surface area contributed by atoms with E-state index in [9.17, 15) is 0 Å². The Balaban J connectivity index is 2.26. The van der Waals surface area contributed by atoms with Crippen LogP contribution in [0, 0.1) is 6.92 Å². The summed E-state index contributed by atoms with van der Waals surface area (Å²) in [5, 5.41) is 4.57. The number of benzene rings is 1. The number of nitrogens with zero attached hydrogens (tertiary/aromatic N) is 1. The Morgan fingerprint density at radius 1 is 1.33 bits per heavy atom. The quantitative estimate of drug-likeness (QED) is 0.599. The zero-order valence-corrected chi connectivity index (χ0v) is 7.46. The molecule has 1 aromatic carbocycles. The van der Waals surface area contributed by atoms with Crippen molar-refractivity contribution in [3.8, 4) is 0 Å². The molecule has 1 atom stereocenters. The molecular weight excluding hydrogens is 146 g/mol. The summed E-state index contributed by atoms with van der Waals surface area (Å²) < 4.78 is 0. The molecule has 2 rings (SSSR count). The molecule has 1 heteroatoms. The lowest BCUT2D eigenvalue weighted by molar-refractivity contribution is 0.631. The second-order valence-electron chi connectivity index (χ2n) is 3.42. The third-order valence-corrected chi connectivity index (χ3v) is 2.53. The zero-order valence-electron chi connectivity index (χ0n) is 7.46. The Bertz CT molecular complexity index is 261. The summed E-state index contributed by atoms with van der Waals surface area (Å²) in [5.74, 6) is 0. The van der Waals surface area contributed by atoms with Crippen LogP contribution in [0.1, 0.15) is 30.0 Å². The van der Waals surface area contributed by atoms with Crippen molar-refractivity contribution in [2.24, 2.45) is 0 Å². The topological polar surface area (TPSA) is 14.1 Å². The van der Waals surface area contributed by atoms with Crippen molar-refractivity contribution in [2.45, 2.75) is 25.8 Å². The summed E-state index contributed by atoms with van der Waals surface area (Å²) in [7, 11) is 0. The highest BCUT2D eigenvalue weighted by Crippen LogP contribution is 2.26. The number of hydrogen-bond donors (Lipinski definition) is 0. The maximum Gasteiger partial charge on any atom is 0.0498 e. The highest BCUT2D eigenvalue weighted by Gasteiger charge is 2.18. The molecular formula is C11H14N. The van der Waals surface area contributed by atoms with Gasteiger partial charge in [0.1, 0.15) is 0 Å². The van der Waals surface area contributed by atoms with Gasteiger partial charge in [0.2, 0.25) is 0 Å². The van der Waals surface area contributed by atoms with Crippen LogP contribution in [-0.4, -0.2) is 6.54 Å². The molecule has 1 saturated heterocycles. The predicted octanol–water partition coefficient (Wildman–Crippen LogP) is 2.43. The second-order valence-corrected chi connectivity index (χ2v) is 3.42. The Kier molecular flexibility index (Phi) is 2.13. The fraction of sp³-hybridized carbons (Fsp3) is 0.455. The molecule has 1 fully saturated rings. The lowest BCUT2D eigenvalue weighted by Crippen LogP contribution is -2.06. The molecule has 1 nitrogen and oxygen atoms in total. The predicted molar refractivity (Wildman–Crippen MR) is 50.2 cm³/mol. The van der Waals surface area contributed by atoms with Gasteiger partial charge in [0.25, 0.3) is 0 Å². The third-order valence-electron chi connectivity index (χ3n) is 2.53. The highest BCUT2D eigenvalue weighted by molar-refractivity contribution is 5.29. The van der Waals surface area contributed by atoms with E-state index in [4.69, 9.17) is 0 Å². The Morgan fingerprint density at radius 3 is 2.83 bits per heavy atom. The van der Waals surface area contributed by atoms with Gasteiger partial charge >= 0.3 is 0 Å². The zero-order chi connectivity index (χ0) is 8.39. The number of aryl methyl sites for hydroxylation is 1. The molecule has 0 saturated carbocycles. The number of hydrogen-bond acceptors (Lipinski definition) is 0. The van der Waals surface area contributed by atoms with Gasteiger partial charge in [0, 0.05) is 12.6 Å². The molecule has 1 aromatic rings. The molecule has 0 aromatic heterocycles. The minimum absolute atomic E-state index is 0.492. The minimum atomic E-state index is 0.492. The SMILES string of the molecule is Cc1ccccc1C1CCC[N]1. The average molecular weight is 160 g/mol. The fourth-order valence-corrected chi connectivity index (χ4v) is 1.84. The van der Waals surface area contributed by atoms with Crippen LogP contribution in [0.5, 0.6) is 0 Å². The van der Waals surface area contributed by atoms with Crippen LogP contribution in [0.2, 0.25) is 0 Å². The summed E-state index contributed by atoms with van der Waals surface area (Å²) >= 11 is 0. The van der Waals surface area contributed by atoms with Crippen molar-refractivity contribution in [2.75, 3.05) is 6.54 Å². The second kappa shape index (κ2) is 3.28. The lowest BCUT2D eigenvalue weighted by Gasteiger charge is -2.11. The monoisotopic (exact) mass is 160 g/mol. The van der Waals surface area contributed by atoms with Gasteiger partial charge in [-0.15, -0.1) is 0 Å². The van der Waals surface area contributed by atoms with Gasteiger partial charge in [-0.3, -0.25) is 0 Å². The Morgan fingerprint density at radius 2 is 2.17 bits per heavy atom. The van der Waals surface area contributed by atoms with Crippen LogP contribution < -0.4 is 5.32 Å². The maximum atomic E-state index is 4.57. The van der Waals surface area contributed by atoms with Gasteiger partial charge in [0.15, 0.2) is 0 Å². The maximum absolute atomic E-state index is 4.57. The molecule has 1 aliphatic heterocycles. The minimum Gasteiger partial charge on any atom is -0.234 e. The lowest BCUT2D eigenvalue weighted by atomic mass is 10.0. The summed E-state index contributed by atoms with van der Waals surface area (Å²) in [5.41, 5.74) is 2.81. The first-order chi connectivity index (χ1) is 5.88. The van der Waals surface area contributed by atoms with E-state index in [0.717, 1.165) is 6.54 Å². The Labute approximate surface area is 73.8 Å². The van der Waals surface area contributed by atoms with E-state index in [0.29, 0.717) is 6.04 Å².